The van der Waals surface area contributed by atoms with Gasteiger partial charge in [-0.15, -0.1) is 0 Å². The molecule has 0 radical (unpaired) electrons. The zero-order chi connectivity index (χ0) is 22.8. The predicted molar refractivity (Wildman–Crippen MR) is 120 cm³/mol. The molecule has 0 aromatic heterocycles. The summed E-state index contributed by atoms with van der Waals surface area (Å²) in [5.41, 5.74) is 0.166. The summed E-state index contributed by atoms with van der Waals surface area (Å²) < 4.78 is 38.1. The first kappa shape index (κ1) is 23.8. The smallest absolute Gasteiger partial charge is 0.252 e. The van der Waals surface area contributed by atoms with Crippen LogP contribution in [0.1, 0.15) is 29.8 Å². The Labute approximate surface area is 192 Å². The number of ether oxygens (including phenoxy) is 2. The second kappa shape index (κ2) is 9.34. The first-order chi connectivity index (χ1) is 14.6. The number of halogens is 2. The molecule has 2 aromatic rings. The van der Waals surface area contributed by atoms with Crippen molar-refractivity contribution in [1.29, 1.82) is 0 Å². The second-order valence-corrected chi connectivity index (χ2v) is 10.3. The molecule has 0 bridgehead atoms. The van der Waals surface area contributed by atoms with E-state index in [0.29, 0.717) is 23.3 Å². The fourth-order valence-electron chi connectivity index (χ4n) is 3.26. The molecule has 1 N–H and O–H groups in total. The summed E-state index contributed by atoms with van der Waals surface area (Å²) in [4.78, 5) is 12.9. The standard InChI is InChI=1S/C21H24Cl2N2O5S/c1-21(2,15-5-6-16(22)17(23)13-15)24-20(26)14-4-7-18(29-3)19(12-14)31(27,28)25-8-10-30-11-9-25/h4-7,12-13H,8-11H2,1-3H3,(H,24,26). The quantitative estimate of drug-likeness (QED) is 0.672. The Morgan fingerprint density at radius 3 is 2.39 bits per heavy atom. The van der Waals surface area contributed by atoms with Crippen LogP contribution in [0.2, 0.25) is 10.0 Å². The molecule has 0 unspecified atom stereocenters. The number of nitrogens with zero attached hydrogens (tertiary/aromatic N) is 1. The van der Waals surface area contributed by atoms with Crippen molar-refractivity contribution in [3.8, 4) is 5.75 Å². The van der Waals surface area contributed by atoms with Crippen LogP contribution < -0.4 is 10.1 Å². The summed E-state index contributed by atoms with van der Waals surface area (Å²) in [6, 6.07) is 9.46. The van der Waals surface area contributed by atoms with Crippen LogP contribution in [0.25, 0.3) is 0 Å². The lowest BCUT2D eigenvalue weighted by molar-refractivity contribution is 0.0729. The molecule has 7 nitrogen and oxygen atoms in total. The molecule has 0 spiro atoms. The number of hydrogen-bond acceptors (Lipinski definition) is 5. The van der Waals surface area contributed by atoms with Crippen LogP contribution in [0.3, 0.4) is 0 Å². The molecule has 1 aliphatic heterocycles. The van der Waals surface area contributed by atoms with Gasteiger partial charge in [0.1, 0.15) is 10.6 Å². The summed E-state index contributed by atoms with van der Waals surface area (Å²) >= 11 is 12.1. The minimum absolute atomic E-state index is 0.0584. The van der Waals surface area contributed by atoms with Crippen molar-refractivity contribution in [2.75, 3.05) is 33.4 Å². The van der Waals surface area contributed by atoms with E-state index in [1.807, 2.05) is 13.8 Å². The van der Waals surface area contributed by atoms with Gasteiger partial charge >= 0.3 is 0 Å². The number of amides is 1. The van der Waals surface area contributed by atoms with Crippen LogP contribution in [0.15, 0.2) is 41.3 Å². The highest BCUT2D eigenvalue weighted by Gasteiger charge is 2.31. The number of carbonyl (C=O) groups is 1. The second-order valence-electron chi connectivity index (χ2n) is 7.59. The molecule has 2 aromatic carbocycles. The molecule has 1 amide bonds. The Morgan fingerprint density at radius 2 is 1.77 bits per heavy atom. The minimum atomic E-state index is -3.85. The topological polar surface area (TPSA) is 84.9 Å². The zero-order valence-corrected chi connectivity index (χ0v) is 19.8. The number of hydrogen-bond donors (Lipinski definition) is 1. The Kier molecular flexibility index (Phi) is 7.18. The van der Waals surface area contributed by atoms with E-state index in [0.717, 1.165) is 5.56 Å². The van der Waals surface area contributed by atoms with Crippen molar-refractivity contribution in [2.45, 2.75) is 24.3 Å². The highest BCUT2D eigenvalue weighted by atomic mass is 35.5. The monoisotopic (exact) mass is 486 g/mol. The first-order valence-corrected chi connectivity index (χ1v) is 11.8. The normalized spacial score (nSPS) is 15.5. The number of carbonyl (C=O) groups excluding carboxylic acids is 1. The van der Waals surface area contributed by atoms with Gasteiger partial charge in [-0.2, -0.15) is 4.31 Å². The SMILES string of the molecule is COc1ccc(C(=O)NC(C)(C)c2ccc(Cl)c(Cl)c2)cc1S(=O)(=O)N1CCOCC1. The van der Waals surface area contributed by atoms with E-state index >= 15 is 0 Å². The summed E-state index contributed by atoms with van der Waals surface area (Å²) in [6.07, 6.45) is 0. The lowest BCUT2D eigenvalue weighted by Crippen LogP contribution is -2.42. The van der Waals surface area contributed by atoms with Gasteiger partial charge in [-0.05, 0) is 49.7 Å². The van der Waals surface area contributed by atoms with E-state index in [9.17, 15) is 13.2 Å². The van der Waals surface area contributed by atoms with Gasteiger partial charge < -0.3 is 14.8 Å². The van der Waals surface area contributed by atoms with Gasteiger partial charge in [0, 0.05) is 18.7 Å². The van der Waals surface area contributed by atoms with Crippen molar-refractivity contribution in [3.05, 3.63) is 57.6 Å². The molecule has 1 fully saturated rings. The van der Waals surface area contributed by atoms with E-state index in [1.54, 1.807) is 18.2 Å². The van der Waals surface area contributed by atoms with Crippen LogP contribution in [0.4, 0.5) is 0 Å². The molecule has 1 saturated heterocycles. The maximum absolute atomic E-state index is 13.1. The van der Waals surface area contributed by atoms with Crippen LogP contribution in [0, 0.1) is 0 Å². The molecule has 1 heterocycles. The van der Waals surface area contributed by atoms with Crippen LogP contribution in [-0.4, -0.2) is 52.0 Å². The third kappa shape index (κ3) is 5.15. The Bertz CT molecular complexity index is 1080. The first-order valence-electron chi connectivity index (χ1n) is 9.60. The van der Waals surface area contributed by atoms with E-state index in [1.165, 1.54) is 29.6 Å². The molecule has 0 atom stereocenters. The molecule has 0 aliphatic carbocycles. The van der Waals surface area contributed by atoms with Crippen molar-refractivity contribution in [1.82, 2.24) is 9.62 Å². The fourth-order valence-corrected chi connectivity index (χ4v) is 5.15. The highest BCUT2D eigenvalue weighted by Crippen LogP contribution is 2.31. The summed E-state index contributed by atoms with van der Waals surface area (Å²) in [7, 11) is -2.46. The Morgan fingerprint density at radius 1 is 1.10 bits per heavy atom. The Hall–Kier alpha value is -1.84. The lowest BCUT2D eigenvalue weighted by atomic mass is 9.94. The number of nitrogens with one attached hydrogen (secondary N) is 1. The maximum atomic E-state index is 13.1. The average molecular weight is 487 g/mol. The third-order valence-corrected chi connectivity index (χ3v) is 7.74. The van der Waals surface area contributed by atoms with Gasteiger partial charge in [0.25, 0.3) is 5.91 Å². The average Bonchev–Trinajstić information content (AvgIpc) is 2.75. The molecule has 168 valence electrons. The number of methoxy groups -OCH3 is 1. The summed E-state index contributed by atoms with van der Waals surface area (Å²) in [5, 5.41) is 3.72. The van der Waals surface area contributed by atoms with Gasteiger partial charge in [0.05, 0.1) is 35.9 Å². The molecule has 3 rings (SSSR count). The Balaban J connectivity index is 1.91. The number of benzene rings is 2. The van der Waals surface area contributed by atoms with Crippen LogP contribution in [-0.2, 0) is 20.3 Å². The van der Waals surface area contributed by atoms with Gasteiger partial charge in [-0.1, -0.05) is 29.3 Å². The number of sulfonamides is 1. The van der Waals surface area contributed by atoms with E-state index < -0.39 is 21.5 Å². The summed E-state index contributed by atoms with van der Waals surface area (Å²) in [6.45, 7) is 4.76. The number of rotatable bonds is 6. The summed E-state index contributed by atoms with van der Waals surface area (Å²) in [5.74, 6) is -0.260. The molecule has 31 heavy (non-hydrogen) atoms. The van der Waals surface area contributed by atoms with Gasteiger partial charge in [-0.3, -0.25) is 4.79 Å². The van der Waals surface area contributed by atoms with Crippen LogP contribution >= 0.6 is 23.2 Å². The minimum Gasteiger partial charge on any atom is -0.495 e. The van der Waals surface area contributed by atoms with Crippen molar-refractivity contribution >= 4 is 39.1 Å². The van der Waals surface area contributed by atoms with Crippen LogP contribution in [0.5, 0.6) is 5.75 Å². The van der Waals surface area contributed by atoms with E-state index in [4.69, 9.17) is 32.7 Å². The zero-order valence-electron chi connectivity index (χ0n) is 17.4. The van der Waals surface area contributed by atoms with E-state index in [2.05, 4.69) is 5.32 Å². The molecule has 1 aliphatic rings. The van der Waals surface area contributed by atoms with Gasteiger partial charge in [0.2, 0.25) is 10.0 Å². The van der Waals surface area contributed by atoms with Gasteiger partial charge in [-0.25, -0.2) is 8.42 Å². The van der Waals surface area contributed by atoms with Crippen molar-refractivity contribution < 1.29 is 22.7 Å². The molecule has 0 saturated carbocycles. The number of morpholine rings is 1. The predicted octanol–water partition coefficient (Wildman–Crippen LogP) is 3.69. The van der Waals surface area contributed by atoms with Crippen molar-refractivity contribution in [2.24, 2.45) is 0 Å². The largest absolute Gasteiger partial charge is 0.495 e. The highest BCUT2D eigenvalue weighted by molar-refractivity contribution is 7.89. The van der Waals surface area contributed by atoms with Crippen molar-refractivity contribution in [3.63, 3.8) is 0 Å². The molecular formula is C21H24Cl2N2O5S. The van der Waals surface area contributed by atoms with E-state index in [-0.39, 0.29) is 29.3 Å². The lowest BCUT2D eigenvalue weighted by Gasteiger charge is -2.28. The third-order valence-electron chi connectivity index (χ3n) is 5.08. The maximum Gasteiger partial charge on any atom is 0.252 e. The molecule has 10 heteroatoms. The fraction of sp³-hybridized carbons (Fsp3) is 0.381. The molecular weight excluding hydrogens is 463 g/mol. The van der Waals surface area contributed by atoms with Gasteiger partial charge in [0.15, 0.2) is 0 Å².